The van der Waals surface area contributed by atoms with E-state index in [0.29, 0.717) is 12.1 Å². The first-order valence-electron chi connectivity index (χ1n) is 5.13. The van der Waals surface area contributed by atoms with Crippen LogP contribution in [0.2, 0.25) is 0 Å². The average Bonchev–Trinajstić information content (AvgIpc) is 2.63. The summed E-state index contributed by atoms with van der Waals surface area (Å²) in [5.41, 5.74) is 5.40. The van der Waals surface area contributed by atoms with Crippen LogP contribution in [0.25, 0.3) is 0 Å². The summed E-state index contributed by atoms with van der Waals surface area (Å²) in [5, 5.41) is 6.58. The Morgan fingerprint density at radius 1 is 1.50 bits per heavy atom. The van der Waals surface area contributed by atoms with Gasteiger partial charge in [0, 0.05) is 13.0 Å². The van der Waals surface area contributed by atoms with Gasteiger partial charge in [-0.15, -0.1) is 5.10 Å². The molecule has 78 valence electrons. The molecule has 1 aromatic rings. The van der Waals surface area contributed by atoms with Crippen LogP contribution in [0.3, 0.4) is 0 Å². The molecule has 1 saturated heterocycles. The van der Waals surface area contributed by atoms with Gasteiger partial charge in [0.2, 0.25) is 5.95 Å². The predicted octanol–water partition coefficient (Wildman–Crippen LogP) is 0.889. The van der Waals surface area contributed by atoms with Gasteiger partial charge in [-0.3, -0.25) is 5.10 Å². The van der Waals surface area contributed by atoms with E-state index in [1.54, 1.807) is 0 Å². The zero-order chi connectivity index (χ0) is 9.80. The number of nitrogens with two attached hydrogens (primary N) is 1. The first kappa shape index (κ1) is 9.45. The van der Waals surface area contributed by atoms with Crippen molar-refractivity contribution in [1.82, 2.24) is 15.2 Å². The minimum atomic E-state index is 0.324. The average molecular weight is 196 g/mol. The number of nitrogens with zero attached hydrogens (tertiary/aromatic N) is 2. The van der Waals surface area contributed by atoms with Crippen molar-refractivity contribution in [2.75, 3.05) is 12.3 Å². The Morgan fingerprint density at radius 3 is 3.07 bits per heavy atom. The number of anilines is 1. The quantitative estimate of drug-likeness (QED) is 0.752. The molecule has 14 heavy (non-hydrogen) atoms. The number of nitrogen functional groups attached to an aromatic ring is 1. The highest BCUT2D eigenvalue weighted by atomic mass is 16.5. The summed E-state index contributed by atoms with van der Waals surface area (Å²) in [6.45, 7) is 0.906. The third-order valence-electron chi connectivity index (χ3n) is 2.53. The van der Waals surface area contributed by atoms with Crippen LogP contribution in [-0.2, 0) is 11.2 Å². The summed E-state index contributed by atoms with van der Waals surface area (Å²) >= 11 is 0. The first-order valence-corrected chi connectivity index (χ1v) is 5.13. The molecule has 0 aliphatic carbocycles. The van der Waals surface area contributed by atoms with Crippen LogP contribution < -0.4 is 5.73 Å². The monoisotopic (exact) mass is 196 g/mol. The molecule has 1 aliphatic heterocycles. The summed E-state index contributed by atoms with van der Waals surface area (Å²) in [4.78, 5) is 4.05. The lowest BCUT2D eigenvalue weighted by molar-refractivity contribution is 0.0112. The van der Waals surface area contributed by atoms with Gasteiger partial charge in [0.15, 0.2) is 0 Å². The van der Waals surface area contributed by atoms with Gasteiger partial charge in [0.05, 0.1) is 6.10 Å². The molecule has 1 unspecified atom stereocenters. The van der Waals surface area contributed by atoms with E-state index in [1.165, 1.54) is 19.3 Å². The minimum Gasteiger partial charge on any atom is -0.378 e. The minimum absolute atomic E-state index is 0.324. The van der Waals surface area contributed by atoms with Gasteiger partial charge in [-0.05, 0) is 25.7 Å². The van der Waals surface area contributed by atoms with Crippen LogP contribution in [-0.4, -0.2) is 27.9 Å². The van der Waals surface area contributed by atoms with E-state index in [-0.39, 0.29) is 0 Å². The van der Waals surface area contributed by atoms with E-state index in [2.05, 4.69) is 15.2 Å². The lowest BCUT2D eigenvalue weighted by Gasteiger charge is -2.21. The van der Waals surface area contributed by atoms with Gasteiger partial charge >= 0.3 is 0 Å². The van der Waals surface area contributed by atoms with Crippen molar-refractivity contribution >= 4 is 5.95 Å². The molecule has 1 aromatic heterocycles. The van der Waals surface area contributed by atoms with Crippen LogP contribution in [0.1, 0.15) is 31.5 Å². The van der Waals surface area contributed by atoms with E-state index < -0.39 is 0 Å². The second kappa shape index (κ2) is 4.41. The van der Waals surface area contributed by atoms with E-state index in [9.17, 15) is 0 Å². The highest BCUT2D eigenvalue weighted by molar-refractivity contribution is 5.12. The number of H-pyrrole nitrogens is 1. The smallest absolute Gasteiger partial charge is 0.239 e. The molecule has 2 heterocycles. The van der Waals surface area contributed by atoms with E-state index >= 15 is 0 Å². The Labute approximate surface area is 83.1 Å². The van der Waals surface area contributed by atoms with Crippen LogP contribution in [0.15, 0.2) is 0 Å². The fourth-order valence-corrected chi connectivity index (χ4v) is 1.75. The molecule has 0 radical (unpaired) electrons. The Kier molecular flexibility index (Phi) is 2.98. The van der Waals surface area contributed by atoms with Crippen LogP contribution in [0, 0.1) is 0 Å². The number of aromatic amines is 1. The number of hydrogen-bond donors (Lipinski definition) is 2. The number of aromatic nitrogens is 3. The standard InChI is InChI=1S/C9H16N4O/c10-9-11-8(12-13-9)5-4-7-3-1-2-6-14-7/h7H,1-6H2,(H3,10,11,12,13). The summed E-state index contributed by atoms with van der Waals surface area (Å²) in [5.74, 6) is 1.18. The summed E-state index contributed by atoms with van der Waals surface area (Å²) in [7, 11) is 0. The van der Waals surface area contributed by atoms with Crippen molar-refractivity contribution in [3.63, 3.8) is 0 Å². The zero-order valence-electron chi connectivity index (χ0n) is 8.20. The highest BCUT2D eigenvalue weighted by Gasteiger charge is 2.14. The van der Waals surface area contributed by atoms with E-state index in [4.69, 9.17) is 10.5 Å². The Bertz CT molecular complexity index is 280. The maximum atomic E-state index is 5.61. The number of ether oxygens (including phenoxy) is 1. The molecular formula is C9H16N4O. The van der Waals surface area contributed by atoms with Gasteiger partial charge < -0.3 is 10.5 Å². The number of aryl methyl sites for hydroxylation is 1. The largest absolute Gasteiger partial charge is 0.378 e. The van der Waals surface area contributed by atoms with Crippen molar-refractivity contribution in [1.29, 1.82) is 0 Å². The molecule has 5 heteroatoms. The first-order chi connectivity index (χ1) is 6.84. The maximum absolute atomic E-state index is 5.61. The van der Waals surface area contributed by atoms with Crippen molar-refractivity contribution < 1.29 is 4.74 Å². The third-order valence-corrected chi connectivity index (χ3v) is 2.53. The molecule has 1 atom stereocenters. The zero-order valence-corrected chi connectivity index (χ0v) is 8.20. The lowest BCUT2D eigenvalue weighted by atomic mass is 10.0. The van der Waals surface area contributed by atoms with Crippen molar-refractivity contribution in [2.24, 2.45) is 0 Å². The van der Waals surface area contributed by atoms with Gasteiger partial charge in [-0.1, -0.05) is 0 Å². The Morgan fingerprint density at radius 2 is 2.43 bits per heavy atom. The van der Waals surface area contributed by atoms with Crippen molar-refractivity contribution in [3.05, 3.63) is 5.82 Å². The molecule has 0 aromatic carbocycles. The highest BCUT2D eigenvalue weighted by Crippen LogP contribution is 2.16. The second-order valence-electron chi connectivity index (χ2n) is 3.67. The van der Waals surface area contributed by atoms with Gasteiger partial charge in [-0.2, -0.15) is 4.98 Å². The van der Waals surface area contributed by atoms with E-state index in [0.717, 1.165) is 25.3 Å². The van der Waals surface area contributed by atoms with Crippen LogP contribution >= 0.6 is 0 Å². The predicted molar refractivity (Wildman–Crippen MR) is 52.7 cm³/mol. The Balaban J connectivity index is 1.76. The topological polar surface area (TPSA) is 76.8 Å². The normalized spacial score (nSPS) is 22.4. The van der Waals surface area contributed by atoms with Crippen molar-refractivity contribution in [3.8, 4) is 0 Å². The van der Waals surface area contributed by atoms with Gasteiger partial charge in [-0.25, -0.2) is 0 Å². The van der Waals surface area contributed by atoms with Crippen LogP contribution in [0.4, 0.5) is 5.95 Å². The molecule has 3 N–H and O–H groups in total. The number of hydrogen-bond acceptors (Lipinski definition) is 4. The number of nitrogens with one attached hydrogen (secondary N) is 1. The summed E-state index contributed by atoms with van der Waals surface area (Å²) < 4.78 is 5.61. The third kappa shape index (κ3) is 2.45. The molecule has 0 spiro atoms. The number of rotatable bonds is 3. The molecule has 1 aliphatic rings. The molecule has 0 saturated carbocycles. The van der Waals surface area contributed by atoms with Gasteiger partial charge in [0.1, 0.15) is 5.82 Å². The fraction of sp³-hybridized carbons (Fsp3) is 0.778. The molecule has 5 nitrogen and oxygen atoms in total. The summed E-state index contributed by atoms with van der Waals surface area (Å²) in [6.07, 6.45) is 5.93. The Hall–Kier alpha value is -1.10. The molecule has 1 fully saturated rings. The second-order valence-corrected chi connectivity index (χ2v) is 3.67. The SMILES string of the molecule is Nc1n[nH]c(CCC2CCCCO2)n1. The molecular weight excluding hydrogens is 180 g/mol. The van der Waals surface area contributed by atoms with Gasteiger partial charge in [0.25, 0.3) is 0 Å². The fourth-order valence-electron chi connectivity index (χ4n) is 1.75. The lowest BCUT2D eigenvalue weighted by Crippen LogP contribution is -2.19. The molecule has 2 rings (SSSR count). The molecule has 0 amide bonds. The van der Waals surface area contributed by atoms with Crippen LogP contribution in [0.5, 0.6) is 0 Å². The van der Waals surface area contributed by atoms with Crippen molar-refractivity contribution in [2.45, 2.75) is 38.2 Å². The molecule has 0 bridgehead atoms. The summed E-state index contributed by atoms with van der Waals surface area (Å²) in [6, 6.07) is 0. The van der Waals surface area contributed by atoms with E-state index in [1.807, 2.05) is 0 Å². The maximum Gasteiger partial charge on any atom is 0.239 e.